The molecule has 2 unspecified atom stereocenters. The fourth-order valence-corrected chi connectivity index (χ4v) is 2.25. The summed E-state index contributed by atoms with van der Waals surface area (Å²) in [5.74, 6) is -9.24. The molecule has 0 aliphatic heterocycles. The highest BCUT2D eigenvalue weighted by Crippen LogP contribution is 2.46. The highest BCUT2D eigenvalue weighted by atomic mass is 19.3. The van der Waals surface area contributed by atoms with Gasteiger partial charge in [-0.2, -0.15) is 13.9 Å². The largest absolute Gasteiger partial charge is 0.376 e. The molecule has 23 heavy (non-hydrogen) atoms. The summed E-state index contributed by atoms with van der Waals surface area (Å²) in [5, 5.41) is 14.2. The normalized spacial score (nSPS) is 15.9. The summed E-state index contributed by atoms with van der Waals surface area (Å²) >= 11 is 0. The molecule has 6 nitrogen and oxygen atoms in total. The van der Waals surface area contributed by atoms with Gasteiger partial charge in [0.1, 0.15) is 24.3 Å². The summed E-state index contributed by atoms with van der Waals surface area (Å²) < 4.78 is 56.6. The van der Waals surface area contributed by atoms with E-state index in [1.807, 2.05) is 0 Å². The fourth-order valence-electron chi connectivity index (χ4n) is 2.25. The second-order valence-corrected chi connectivity index (χ2v) is 4.88. The lowest BCUT2D eigenvalue weighted by Gasteiger charge is -2.38. The molecule has 10 heteroatoms. The summed E-state index contributed by atoms with van der Waals surface area (Å²) in [5.41, 5.74) is 0.267. The molecule has 0 saturated heterocycles. The molecule has 1 amide bonds. The number of rotatable bonds is 5. The van der Waals surface area contributed by atoms with Crippen LogP contribution in [0.15, 0.2) is 30.9 Å². The van der Waals surface area contributed by atoms with Gasteiger partial charge in [-0.25, -0.2) is 18.4 Å². The predicted octanol–water partition coefficient (Wildman–Crippen LogP) is 1.13. The molecule has 0 radical (unpaired) electrons. The van der Waals surface area contributed by atoms with E-state index in [0.29, 0.717) is 18.2 Å². The number of amides is 1. The summed E-state index contributed by atoms with van der Waals surface area (Å²) in [6.07, 6.45) is 1.99. The minimum atomic E-state index is -4.57. The molecule has 0 aliphatic rings. The van der Waals surface area contributed by atoms with Crippen LogP contribution in [0.25, 0.3) is 0 Å². The van der Waals surface area contributed by atoms with E-state index >= 15 is 0 Å². The van der Waals surface area contributed by atoms with E-state index in [1.54, 1.807) is 0 Å². The fraction of sp³-hybridized carbons (Fsp3) is 0.308. The third-order valence-electron chi connectivity index (χ3n) is 3.57. The Balaban J connectivity index is 2.72. The first-order valence-electron chi connectivity index (χ1n) is 6.32. The summed E-state index contributed by atoms with van der Waals surface area (Å²) in [6, 6.07) is -0.0398. The van der Waals surface area contributed by atoms with Crippen LogP contribution in [0.1, 0.15) is 18.5 Å². The lowest BCUT2D eigenvalue weighted by atomic mass is 9.80. The van der Waals surface area contributed by atoms with E-state index in [-0.39, 0.29) is 0 Å². The number of halogens is 4. The molecule has 0 fully saturated rings. The highest BCUT2D eigenvalue weighted by molar-refractivity contribution is 5.83. The van der Waals surface area contributed by atoms with E-state index in [1.165, 1.54) is 0 Å². The second kappa shape index (κ2) is 5.61. The van der Waals surface area contributed by atoms with Gasteiger partial charge in [0.15, 0.2) is 5.60 Å². The zero-order chi connectivity index (χ0) is 17.4. The average molecular weight is 332 g/mol. The summed E-state index contributed by atoms with van der Waals surface area (Å²) in [4.78, 5) is 14.7. The van der Waals surface area contributed by atoms with Gasteiger partial charge in [-0.1, -0.05) is 0 Å². The van der Waals surface area contributed by atoms with E-state index in [2.05, 4.69) is 15.8 Å². The van der Waals surface area contributed by atoms with Gasteiger partial charge < -0.3 is 10.8 Å². The summed E-state index contributed by atoms with van der Waals surface area (Å²) in [6.45, 7) is 1.06. The molecule has 0 saturated carbocycles. The van der Waals surface area contributed by atoms with Crippen LogP contribution in [0, 0.1) is 11.6 Å². The lowest BCUT2D eigenvalue weighted by Crippen LogP contribution is -2.58. The topological polar surface area (TPSA) is 94.0 Å². The monoisotopic (exact) mass is 332 g/mol. The number of aliphatic hydroxyl groups is 1. The molecule has 3 N–H and O–H groups in total. The van der Waals surface area contributed by atoms with Crippen molar-refractivity contribution < 1.29 is 27.5 Å². The van der Waals surface area contributed by atoms with Gasteiger partial charge >= 0.3 is 5.92 Å². The zero-order valence-electron chi connectivity index (χ0n) is 11.8. The number of carbonyl (C=O) groups is 1. The Morgan fingerprint density at radius 3 is 2.52 bits per heavy atom. The van der Waals surface area contributed by atoms with Crippen molar-refractivity contribution in [3.63, 3.8) is 0 Å². The maximum atomic E-state index is 14.4. The number of nitrogens with zero attached hydrogens (tertiary/aromatic N) is 3. The first-order valence-corrected chi connectivity index (χ1v) is 6.32. The van der Waals surface area contributed by atoms with Gasteiger partial charge in [-0.05, 0) is 19.1 Å². The molecule has 0 aliphatic carbocycles. The molecule has 2 aromatic rings. The molecule has 1 aromatic carbocycles. The number of hydrogen-bond acceptors (Lipinski definition) is 4. The number of carbonyl (C=O) groups excluding carboxylic acids is 1. The minimum Gasteiger partial charge on any atom is -0.376 e. The standard InChI is InChI=1S/C13H12F4N4O2/c1-7(21-6-19-5-20-21)12(23,13(16,17)11(18)22)9-3-2-8(14)4-10(9)15/h2-7,23H,1H3,(H2,18,22). The van der Waals surface area contributed by atoms with Gasteiger partial charge in [0.25, 0.3) is 5.91 Å². The molecule has 1 aromatic heterocycles. The quantitative estimate of drug-likeness (QED) is 0.803. The Morgan fingerprint density at radius 2 is 2.04 bits per heavy atom. The van der Waals surface area contributed by atoms with Crippen LogP contribution in [0.2, 0.25) is 0 Å². The Morgan fingerprint density at radius 1 is 1.39 bits per heavy atom. The third-order valence-corrected chi connectivity index (χ3v) is 3.57. The predicted molar refractivity (Wildman–Crippen MR) is 69.1 cm³/mol. The molecular formula is C13H12F4N4O2. The van der Waals surface area contributed by atoms with Gasteiger partial charge in [-0.3, -0.25) is 4.79 Å². The average Bonchev–Trinajstić information content (AvgIpc) is 2.99. The van der Waals surface area contributed by atoms with Crippen LogP contribution < -0.4 is 5.73 Å². The van der Waals surface area contributed by atoms with Crippen LogP contribution >= 0.6 is 0 Å². The number of nitrogens with two attached hydrogens (primary N) is 1. The highest BCUT2D eigenvalue weighted by Gasteiger charge is 2.63. The van der Waals surface area contributed by atoms with Crippen LogP contribution in [0.3, 0.4) is 0 Å². The third kappa shape index (κ3) is 2.54. The van der Waals surface area contributed by atoms with Gasteiger partial charge in [0.05, 0.1) is 6.04 Å². The minimum absolute atomic E-state index is 0.311. The van der Waals surface area contributed by atoms with Crippen LogP contribution in [0.4, 0.5) is 17.6 Å². The number of aromatic nitrogens is 3. The van der Waals surface area contributed by atoms with Gasteiger partial charge in [0, 0.05) is 11.6 Å². The van der Waals surface area contributed by atoms with Crippen molar-refractivity contribution in [3.05, 3.63) is 48.1 Å². The van der Waals surface area contributed by atoms with Crippen molar-refractivity contribution in [3.8, 4) is 0 Å². The Hall–Kier alpha value is -2.49. The molecule has 0 spiro atoms. The summed E-state index contributed by atoms with van der Waals surface area (Å²) in [7, 11) is 0. The van der Waals surface area contributed by atoms with Crippen LogP contribution in [-0.4, -0.2) is 31.7 Å². The molecule has 124 valence electrons. The van der Waals surface area contributed by atoms with Crippen LogP contribution in [0.5, 0.6) is 0 Å². The number of hydrogen-bond donors (Lipinski definition) is 2. The van der Waals surface area contributed by atoms with Crippen LogP contribution in [-0.2, 0) is 10.4 Å². The van der Waals surface area contributed by atoms with Gasteiger partial charge in [0.2, 0.25) is 0 Å². The zero-order valence-corrected chi connectivity index (χ0v) is 11.8. The van der Waals surface area contributed by atoms with E-state index < -0.39 is 40.7 Å². The maximum absolute atomic E-state index is 14.4. The molecular weight excluding hydrogens is 320 g/mol. The second-order valence-electron chi connectivity index (χ2n) is 4.88. The molecule has 1 heterocycles. The van der Waals surface area contributed by atoms with Crippen molar-refractivity contribution in [2.75, 3.05) is 0 Å². The molecule has 2 atom stereocenters. The smallest absolute Gasteiger partial charge is 0.358 e. The lowest BCUT2D eigenvalue weighted by molar-refractivity contribution is -0.210. The Bertz CT molecular complexity index is 723. The Labute approximate surface area is 127 Å². The Kier molecular flexibility index (Phi) is 4.12. The van der Waals surface area contributed by atoms with Crippen molar-refractivity contribution >= 4 is 5.91 Å². The first kappa shape index (κ1) is 16.9. The number of primary amides is 1. The van der Waals surface area contributed by atoms with E-state index in [0.717, 1.165) is 24.3 Å². The number of alkyl halides is 2. The molecule has 0 bridgehead atoms. The van der Waals surface area contributed by atoms with Crippen molar-refractivity contribution in [2.45, 2.75) is 24.5 Å². The molecule has 2 rings (SSSR count). The van der Waals surface area contributed by atoms with E-state index in [9.17, 15) is 27.5 Å². The van der Waals surface area contributed by atoms with Gasteiger partial charge in [-0.15, -0.1) is 0 Å². The van der Waals surface area contributed by atoms with Crippen molar-refractivity contribution in [1.29, 1.82) is 0 Å². The number of benzene rings is 1. The SMILES string of the molecule is CC(n1cncn1)C(O)(c1ccc(F)cc1F)C(F)(F)C(N)=O. The first-order chi connectivity index (χ1) is 10.6. The maximum Gasteiger partial charge on any atom is 0.358 e. The van der Waals surface area contributed by atoms with E-state index in [4.69, 9.17) is 0 Å². The van der Waals surface area contributed by atoms with Crippen molar-refractivity contribution in [2.24, 2.45) is 5.73 Å². The van der Waals surface area contributed by atoms with Crippen molar-refractivity contribution in [1.82, 2.24) is 14.8 Å².